The van der Waals surface area contributed by atoms with Crippen LogP contribution in [0.25, 0.3) is 0 Å². The quantitative estimate of drug-likeness (QED) is 0.727. The van der Waals surface area contributed by atoms with E-state index in [4.69, 9.17) is 5.73 Å². The molecule has 0 heterocycles. The maximum absolute atomic E-state index is 12.5. The number of nitrogens with one attached hydrogen (secondary N) is 1. The van der Waals surface area contributed by atoms with Crippen molar-refractivity contribution < 1.29 is 4.39 Å². The minimum absolute atomic E-state index is 0.198. The molecule has 1 saturated carbocycles. The third-order valence-corrected chi connectivity index (χ3v) is 2.39. The van der Waals surface area contributed by atoms with Gasteiger partial charge < -0.3 is 11.1 Å². The van der Waals surface area contributed by atoms with Crippen molar-refractivity contribution in [2.45, 2.75) is 24.9 Å². The van der Waals surface area contributed by atoms with Gasteiger partial charge in [0.15, 0.2) is 0 Å². The van der Waals surface area contributed by atoms with E-state index in [-0.39, 0.29) is 5.82 Å². The molecule has 70 valence electrons. The van der Waals surface area contributed by atoms with Crippen molar-refractivity contribution in [3.63, 3.8) is 0 Å². The summed E-state index contributed by atoms with van der Waals surface area (Å²) >= 11 is 0. The van der Waals surface area contributed by atoms with Gasteiger partial charge in [-0.3, -0.25) is 0 Å². The van der Waals surface area contributed by atoms with Gasteiger partial charge in [-0.15, -0.1) is 0 Å². The number of nitrogens with two attached hydrogens (primary N) is 1. The van der Waals surface area contributed by atoms with Crippen LogP contribution in [-0.4, -0.2) is 12.1 Å². The summed E-state index contributed by atoms with van der Waals surface area (Å²) in [5.74, 6) is -0.198. The fraction of sp³-hybridized carbons (Fsp3) is 0.400. The van der Waals surface area contributed by atoms with Gasteiger partial charge in [0, 0.05) is 17.8 Å². The Labute approximate surface area is 76.9 Å². The number of hydrogen-bond donors (Lipinski definition) is 2. The monoisotopic (exact) mass is 180 g/mol. The molecule has 1 aromatic carbocycles. The van der Waals surface area contributed by atoms with E-state index in [0.29, 0.717) is 12.1 Å². The highest BCUT2D eigenvalue weighted by molar-refractivity contribution is 5.44. The van der Waals surface area contributed by atoms with Gasteiger partial charge in [0.2, 0.25) is 0 Å². The summed E-state index contributed by atoms with van der Waals surface area (Å²) in [7, 11) is 0. The summed E-state index contributed by atoms with van der Waals surface area (Å²) in [5, 5.41) is 3.29. The Hall–Kier alpha value is -1.09. The fourth-order valence-electron chi connectivity index (χ4n) is 1.56. The number of halogens is 1. The van der Waals surface area contributed by atoms with Crippen LogP contribution in [0.5, 0.6) is 0 Å². The zero-order valence-electron chi connectivity index (χ0n) is 7.33. The summed E-state index contributed by atoms with van der Waals surface area (Å²) in [6, 6.07) is 7.23. The van der Waals surface area contributed by atoms with Crippen molar-refractivity contribution in [2.24, 2.45) is 5.73 Å². The van der Waals surface area contributed by atoms with Gasteiger partial charge >= 0.3 is 0 Å². The topological polar surface area (TPSA) is 38.0 Å². The van der Waals surface area contributed by atoms with Crippen LogP contribution in [0.1, 0.15) is 12.8 Å². The molecule has 0 atom stereocenters. The predicted octanol–water partition coefficient (Wildman–Crippen LogP) is 1.73. The van der Waals surface area contributed by atoms with E-state index in [1.54, 1.807) is 12.1 Å². The zero-order chi connectivity index (χ0) is 9.26. The number of anilines is 1. The van der Waals surface area contributed by atoms with Gasteiger partial charge in [-0.1, -0.05) is 0 Å². The predicted molar refractivity (Wildman–Crippen MR) is 51.0 cm³/mol. The lowest BCUT2D eigenvalue weighted by molar-refractivity contribution is 0.373. The molecule has 1 aromatic rings. The highest BCUT2D eigenvalue weighted by atomic mass is 19.1. The van der Waals surface area contributed by atoms with Crippen LogP contribution in [-0.2, 0) is 0 Å². The van der Waals surface area contributed by atoms with Crippen molar-refractivity contribution in [1.82, 2.24) is 0 Å². The van der Waals surface area contributed by atoms with Crippen molar-refractivity contribution in [2.75, 3.05) is 5.32 Å². The molecule has 0 unspecified atom stereocenters. The first-order valence-corrected chi connectivity index (χ1v) is 4.52. The second-order valence-electron chi connectivity index (χ2n) is 3.58. The first-order valence-electron chi connectivity index (χ1n) is 4.52. The fourth-order valence-corrected chi connectivity index (χ4v) is 1.56. The zero-order valence-corrected chi connectivity index (χ0v) is 7.33. The van der Waals surface area contributed by atoms with Crippen LogP contribution < -0.4 is 11.1 Å². The minimum Gasteiger partial charge on any atom is -0.382 e. The summed E-state index contributed by atoms with van der Waals surface area (Å²) in [6.07, 6.45) is 2.02. The molecule has 2 nitrogen and oxygen atoms in total. The van der Waals surface area contributed by atoms with E-state index in [1.807, 2.05) is 0 Å². The second kappa shape index (κ2) is 3.34. The highest BCUT2D eigenvalue weighted by Gasteiger charge is 2.25. The van der Waals surface area contributed by atoms with Gasteiger partial charge in [0.05, 0.1) is 0 Å². The van der Waals surface area contributed by atoms with Gasteiger partial charge in [-0.2, -0.15) is 0 Å². The van der Waals surface area contributed by atoms with Crippen molar-refractivity contribution in [3.05, 3.63) is 30.1 Å². The van der Waals surface area contributed by atoms with Gasteiger partial charge in [-0.25, -0.2) is 4.39 Å². The van der Waals surface area contributed by atoms with E-state index in [0.717, 1.165) is 18.5 Å². The molecule has 0 aliphatic heterocycles. The molecule has 1 aliphatic rings. The van der Waals surface area contributed by atoms with E-state index >= 15 is 0 Å². The van der Waals surface area contributed by atoms with Crippen LogP contribution >= 0.6 is 0 Å². The highest BCUT2D eigenvalue weighted by Crippen LogP contribution is 2.22. The van der Waals surface area contributed by atoms with E-state index < -0.39 is 0 Å². The van der Waals surface area contributed by atoms with Crippen LogP contribution in [0.3, 0.4) is 0 Å². The average Bonchev–Trinajstić information content (AvgIpc) is 2.06. The molecule has 0 spiro atoms. The first-order chi connectivity index (χ1) is 6.24. The molecule has 1 aliphatic carbocycles. The number of rotatable bonds is 2. The van der Waals surface area contributed by atoms with E-state index in [1.165, 1.54) is 12.1 Å². The number of benzene rings is 1. The molecule has 3 N–H and O–H groups in total. The molecular weight excluding hydrogens is 167 g/mol. The summed E-state index contributed by atoms with van der Waals surface area (Å²) in [6.45, 7) is 0. The summed E-state index contributed by atoms with van der Waals surface area (Å²) < 4.78 is 12.5. The summed E-state index contributed by atoms with van der Waals surface area (Å²) in [4.78, 5) is 0. The van der Waals surface area contributed by atoms with Crippen LogP contribution in [0, 0.1) is 5.82 Å². The number of hydrogen-bond acceptors (Lipinski definition) is 2. The van der Waals surface area contributed by atoms with Crippen LogP contribution in [0.4, 0.5) is 10.1 Å². The Balaban J connectivity index is 1.91. The molecule has 0 amide bonds. The molecule has 0 aromatic heterocycles. The molecule has 0 radical (unpaired) electrons. The molecular formula is C10H13FN2. The maximum Gasteiger partial charge on any atom is 0.123 e. The van der Waals surface area contributed by atoms with E-state index in [9.17, 15) is 4.39 Å². The van der Waals surface area contributed by atoms with Crippen molar-refractivity contribution in [1.29, 1.82) is 0 Å². The molecule has 0 saturated heterocycles. The molecule has 1 fully saturated rings. The van der Waals surface area contributed by atoms with Gasteiger partial charge in [0.25, 0.3) is 0 Å². The first kappa shape index (κ1) is 8.51. The van der Waals surface area contributed by atoms with E-state index in [2.05, 4.69) is 5.32 Å². The maximum atomic E-state index is 12.5. The van der Waals surface area contributed by atoms with Crippen molar-refractivity contribution in [3.8, 4) is 0 Å². The average molecular weight is 180 g/mol. The lowest BCUT2D eigenvalue weighted by Crippen LogP contribution is -2.44. The SMILES string of the molecule is NC1CC(Nc2ccc(F)cc2)C1. The molecule has 13 heavy (non-hydrogen) atoms. The third kappa shape index (κ3) is 1.98. The lowest BCUT2D eigenvalue weighted by Gasteiger charge is -2.33. The third-order valence-electron chi connectivity index (χ3n) is 2.39. The Morgan fingerprint density at radius 3 is 2.38 bits per heavy atom. The van der Waals surface area contributed by atoms with Crippen LogP contribution in [0.2, 0.25) is 0 Å². The molecule has 3 heteroatoms. The Bertz CT molecular complexity index is 277. The normalized spacial score (nSPS) is 26.6. The van der Waals surface area contributed by atoms with Gasteiger partial charge in [-0.05, 0) is 37.1 Å². The second-order valence-corrected chi connectivity index (χ2v) is 3.58. The Morgan fingerprint density at radius 1 is 1.23 bits per heavy atom. The van der Waals surface area contributed by atoms with Crippen LogP contribution in [0.15, 0.2) is 24.3 Å². The molecule has 2 rings (SSSR count). The Kier molecular flexibility index (Phi) is 2.19. The largest absolute Gasteiger partial charge is 0.382 e. The minimum atomic E-state index is -0.198. The smallest absolute Gasteiger partial charge is 0.123 e. The Morgan fingerprint density at radius 2 is 1.85 bits per heavy atom. The summed E-state index contributed by atoms with van der Waals surface area (Å²) in [5.41, 5.74) is 6.62. The molecule has 0 bridgehead atoms. The van der Waals surface area contributed by atoms with Crippen molar-refractivity contribution >= 4 is 5.69 Å². The standard InChI is InChI=1S/C10H13FN2/c11-7-1-3-9(4-2-7)13-10-5-8(12)6-10/h1-4,8,10,13H,5-6,12H2. The van der Waals surface area contributed by atoms with Gasteiger partial charge in [0.1, 0.15) is 5.82 Å². The lowest BCUT2D eigenvalue weighted by atomic mass is 9.87.